The molecule has 0 fully saturated rings. The third kappa shape index (κ3) is 5.10. The summed E-state index contributed by atoms with van der Waals surface area (Å²) in [5.74, 6) is -0.884. The van der Waals surface area contributed by atoms with E-state index in [0.29, 0.717) is 27.4 Å². The van der Waals surface area contributed by atoms with E-state index in [1.54, 1.807) is 18.2 Å². The van der Waals surface area contributed by atoms with Crippen molar-refractivity contribution in [3.63, 3.8) is 0 Å². The number of thiazole rings is 1. The number of methoxy groups -OCH3 is 2. The van der Waals surface area contributed by atoms with Crippen molar-refractivity contribution >= 4 is 33.0 Å². The van der Waals surface area contributed by atoms with E-state index in [4.69, 9.17) is 9.47 Å². The smallest absolute Gasteiger partial charge is 0.335 e. The van der Waals surface area contributed by atoms with Gasteiger partial charge in [0, 0.05) is 11.1 Å². The molecule has 1 heterocycles. The Morgan fingerprint density at radius 2 is 1.66 bits per heavy atom. The minimum atomic E-state index is -3.98. The molecule has 4 rings (SSSR count). The van der Waals surface area contributed by atoms with Crippen LogP contribution in [0.2, 0.25) is 0 Å². The predicted octanol–water partition coefficient (Wildman–Crippen LogP) is 5.13. The molecule has 0 aliphatic heterocycles. The molecule has 0 atom stereocenters. The number of aromatic nitrogens is 1. The number of benzene rings is 3. The van der Waals surface area contributed by atoms with Gasteiger partial charge in [0.15, 0.2) is 4.21 Å². The Bertz CT molecular complexity index is 1500. The number of nitrogens with zero attached hydrogens (tertiary/aromatic N) is 1. The summed E-state index contributed by atoms with van der Waals surface area (Å²) < 4.78 is 52.4. The minimum absolute atomic E-state index is 0.0196. The molecule has 3 aromatic carbocycles. The van der Waals surface area contributed by atoms with E-state index in [0.717, 1.165) is 11.3 Å². The molecule has 0 saturated carbocycles. The van der Waals surface area contributed by atoms with Gasteiger partial charge in [-0.15, -0.1) is 11.3 Å². The lowest BCUT2D eigenvalue weighted by Crippen LogP contribution is -2.12. The first-order valence-corrected chi connectivity index (χ1v) is 12.4. The molecule has 0 bridgehead atoms. The Labute approximate surface area is 204 Å². The van der Waals surface area contributed by atoms with Crippen molar-refractivity contribution in [1.82, 2.24) is 4.98 Å². The van der Waals surface area contributed by atoms with E-state index < -0.39 is 21.8 Å². The topological polar surface area (TPSA) is 115 Å². The normalized spacial score (nSPS) is 11.2. The molecule has 0 unspecified atom stereocenters. The monoisotopic (exact) mass is 514 g/mol. The molecule has 0 aliphatic carbocycles. The van der Waals surface area contributed by atoms with E-state index in [2.05, 4.69) is 9.71 Å². The minimum Gasteiger partial charge on any atom is -0.496 e. The number of carboxylic acid groups (broad SMARTS) is 1. The average Bonchev–Trinajstić information content (AvgIpc) is 3.35. The van der Waals surface area contributed by atoms with Gasteiger partial charge in [-0.05, 0) is 60.2 Å². The summed E-state index contributed by atoms with van der Waals surface area (Å²) in [7, 11) is -1.15. The van der Waals surface area contributed by atoms with Crippen molar-refractivity contribution in [3.8, 4) is 33.2 Å². The summed E-state index contributed by atoms with van der Waals surface area (Å²) in [6.07, 6.45) is 1.24. The number of aromatic carboxylic acids is 1. The van der Waals surface area contributed by atoms with Crippen LogP contribution in [-0.2, 0) is 10.0 Å². The third-order valence-electron chi connectivity index (χ3n) is 5.05. The van der Waals surface area contributed by atoms with Crippen LogP contribution in [0.4, 0.5) is 10.1 Å². The van der Waals surface area contributed by atoms with Crippen LogP contribution in [-0.4, -0.2) is 38.7 Å². The number of halogens is 1. The SMILES string of the molecule is COc1cc(-c2ccc(C(=O)O)cc2OC)ccc1NS(=O)(=O)c1cnc(-c2ccc(F)cc2)s1. The number of hydrogen-bond acceptors (Lipinski definition) is 7. The van der Waals surface area contributed by atoms with Crippen molar-refractivity contribution in [2.75, 3.05) is 18.9 Å². The number of ether oxygens (including phenoxy) is 2. The summed E-state index contributed by atoms with van der Waals surface area (Å²) in [6.45, 7) is 0. The van der Waals surface area contributed by atoms with Crippen LogP contribution in [0.15, 0.2) is 71.1 Å². The lowest BCUT2D eigenvalue weighted by molar-refractivity contribution is 0.0696. The van der Waals surface area contributed by atoms with Crippen LogP contribution < -0.4 is 14.2 Å². The Balaban J connectivity index is 1.63. The molecule has 0 radical (unpaired) electrons. The molecule has 0 aliphatic rings. The Kier molecular flexibility index (Phi) is 6.72. The third-order valence-corrected chi connectivity index (χ3v) is 7.92. The van der Waals surface area contributed by atoms with Crippen molar-refractivity contribution in [2.45, 2.75) is 4.21 Å². The van der Waals surface area contributed by atoms with E-state index >= 15 is 0 Å². The second-order valence-electron chi connectivity index (χ2n) is 7.23. The Hall–Kier alpha value is -3.96. The first kappa shape index (κ1) is 24.2. The first-order chi connectivity index (χ1) is 16.7. The maximum Gasteiger partial charge on any atom is 0.335 e. The van der Waals surface area contributed by atoms with Crippen molar-refractivity contribution in [1.29, 1.82) is 0 Å². The fraction of sp³-hybridized carbons (Fsp3) is 0.0833. The van der Waals surface area contributed by atoms with E-state index in [1.807, 2.05) is 0 Å². The maximum atomic E-state index is 13.2. The van der Waals surface area contributed by atoms with Gasteiger partial charge in [0.1, 0.15) is 22.3 Å². The second-order valence-corrected chi connectivity index (χ2v) is 10.2. The van der Waals surface area contributed by atoms with Crippen LogP contribution in [0.1, 0.15) is 10.4 Å². The fourth-order valence-corrected chi connectivity index (χ4v) is 5.52. The number of sulfonamides is 1. The molecule has 4 aromatic rings. The van der Waals surface area contributed by atoms with Gasteiger partial charge in [-0.2, -0.15) is 0 Å². The molecule has 180 valence electrons. The zero-order valence-corrected chi connectivity index (χ0v) is 20.1. The number of hydrogen-bond donors (Lipinski definition) is 2. The fourth-order valence-electron chi connectivity index (χ4n) is 3.31. The molecule has 11 heteroatoms. The number of carbonyl (C=O) groups is 1. The van der Waals surface area contributed by atoms with Gasteiger partial charge >= 0.3 is 5.97 Å². The van der Waals surface area contributed by atoms with Crippen molar-refractivity contribution in [3.05, 3.63) is 78.2 Å². The molecule has 0 spiro atoms. The van der Waals surface area contributed by atoms with Crippen LogP contribution in [0, 0.1) is 5.82 Å². The summed E-state index contributed by atoms with van der Waals surface area (Å²) in [6, 6.07) is 14.9. The van der Waals surface area contributed by atoms with Gasteiger partial charge < -0.3 is 14.6 Å². The molecule has 8 nitrogen and oxygen atoms in total. The van der Waals surface area contributed by atoms with Crippen LogP contribution in [0.3, 0.4) is 0 Å². The van der Waals surface area contributed by atoms with E-state index in [-0.39, 0.29) is 21.2 Å². The Morgan fingerprint density at radius 3 is 2.31 bits per heavy atom. The molecule has 0 amide bonds. The number of rotatable bonds is 8. The zero-order valence-electron chi connectivity index (χ0n) is 18.5. The summed E-state index contributed by atoms with van der Waals surface area (Å²) in [5, 5.41) is 9.64. The maximum absolute atomic E-state index is 13.2. The van der Waals surface area contributed by atoms with Gasteiger partial charge in [0.05, 0.1) is 31.7 Å². The summed E-state index contributed by atoms with van der Waals surface area (Å²) >= 11 is 0.951. The van der Waals surface area contributed by atoms with Crippen LogP contribution >= 0.6 is 11.3 Å². The molecule has 1 aromatic heterocycles. The highest BCUT2D eigenvalue weighted by Gasteiger charge is 2.21. The van der Waals surface area contributed by atoms with Crippen molar-refractivity contribution < 1.29 is 32.2 Å². The van der Waals surface area contributed by atoms with Crippen LogP contribution in [0.25, 0.3) is 21.7 Å². The quantitative estimate of drug-likeness (QED) is 0.335. The van der Waals surface area contributed by atoms with Crippen LogP contribution in [0.5, 0.6) is 11.5 Å². The lowest BCUT2D eigenvalue weighted by atomic mass is 10.0. The average molecular weight is 515 g/mol. The van der Waals surface area contributed by atoms with Gasteiger partial charge in [-0.3, -0.25) is 4.72 Å². The van der Waals surface area contributed by atoms with E-state index in [1.165, 1.54) is 62.9 Å². The summed E-state index contributed by atoms with van der Waals surface area (Å²) in [5.41, 5.74) is 2.12. The van der Waals surface area contributed by atoms with Gasteiger partial charge in [-0.1, -0.05) is 6.07 Å². The molecule has 35 heavy (non-hydrogen) atoms. The highest BCUT2D eigenvalue weighted by molar-refractivity contribution is 7.94. The van der Waals surface area contributed by atoms with Crippen molar-refractivity contribution in [2.24, 2.45) is 0 Å². The molecule has 2 N–H and O–H groups in total. The molecular formula is C24H19FN2O6S2. The molecular weight excluding hydrogens is 495 g/mol. The first-order valence-electron chi connectivity index (χ1n) is 10.1. The van der Waals surface area contributed by atoms with E-state index in [9.17, 15) is 22.7 Å². The standard InChI is InChI=1S/C24H19FN2O6S2/c1-32-20-12-16(24(28)29)5-9-18(20)15-6-10-19(21(11-15)33-2)27-35(30,31)22-13-26-23(34-22)14-3-7-17(25)8-4-14/h3-13,27H,1-2H3,(H,28,29). The van der Waals surface area contributed by atoms with Gasteiger partial charge in [0.2, 0.25) is 0 Å². The molecule has 0 saturated heterocycles. The largest absolute Gasteiger partial charge is 0.496 e. The highest BCUT2D eigenvalue weighted by atomic mass is 32.2. The Morgan fingerprint density at radius 1 is 0.971 bits per heavy atom. The zero-order chi connectivity index (χ0) is 25.2. The second kappa shape index (κ2) is 9.72. The van der Waals surface area contributed by atoms with Gasteiger partial charge in [0.25, 0.3) is 10.0 Å². The lowest BCUT2D eigenvalue weighted by Gasteiger charge is -2.14. The number of anilines is 1. The number of nitrogens with one attached hydrogen (secondary N) is 1. The highest BCUT2D eigenvalue weighted by Crippen LogP contribution is 2.37. The predicted molar refractivity (Wildman–Crippen MR) is 130 cm³/mol. The van der Waals surface area contributed by atoms with Gasteiger partial charge in [-0.25, -0.2) is 22.6 Å². The summed E-state index contributed by atoms with van der Waals surface area (Å²) in [4.78, 5) is 15.4. The number of carboxylic acids is 1.